The third-order valence-corrected chi connectivity index (χ3v) is 5.79. The second kappa shape index (κ2) is 8.33. The molecule has 0 bridgehead atoms. The maximum atomic E-state index is 12.8. The number of carbonyl (C=O) groups is 2. The molecule has 0 spiro atoms. The quantitative estimate of drug-likeness (QED) is 0.436. The summed E-state index contributed by atoms with van der Waals surface area (Å²) in [5.74, 6) is 0.893. The van der Waals surface area contributed by atoms with Crippen molar-refractivity contribution < 1.29 is 27.2 Å². The molecule has 2 aromatic carbocycles. The van der Waals surface area contributed by atoms with Gasteiger partial charge in [-0.25, -0.2) is 18.4 Å². The number of nitrogens with zero attached hydrogens (tertiary/aromatic N) is 1. The predicted molar refractivity (Wildman–Crippen MR) is 116 cm³/mol. The first kappa shape index (κ1) is 21.3. The smallest absolute Gasteiger partial charge is 0.329 e. The van der Waals surface area contributed by atoms with E-state index in [0.29, 0.717) is 28.4 Å². The van der Waals surface area contributed by atoms with Crippen LogP contribution in [0.3, 0.4) is 0 Å². The zero-order chi connectivity index (χ0) is 22.9. The third kappa shape index (κ3) is 4.27. The van der Waals surface area contributed by atoms with Crippen molar-refractivity contribution in [3.05, 3.63) is 77.7 Å². The van der Waals surface area contributed by atoms with Gasteiger partial charge >= 0.3 is 6.03 Å². The number of ether oxygens (including phenoxy) is 1. The Morgan fingerprint density at radius 1 is 1.06 bits per heavy atom. The average molecular weight is 453 g/mol. The Morgan fingerprint density at radius 2 is 1.78 bits per heavy atom. The molecule has 1 saturated heterocycles. The Balaban J connectivity index is 1.53. The normalized spacial score (nSPS) is 15.3. The minimum atomic E-state index is -3.79. The first-order chi connectivity index (χ1) is 15.3. The lowest BCUT2D eigenvalue weighted by Crippen LogP contribution is -2.30. The van der Waals surface area contributed by atoms with Crippen molar-refractivity contribution in [1.29, 1.82) is 0 Å². The highest BCUT2D eigenvalue weighted by Gasteiger charge is 2.34. The lowest BCUT2D eigenvalue weighted by molar-refractivity contribution is -0.123. The number of hydrogen-bond acceptors (Lipinski definition) is 6. The molecule has 1 aromatic heterocycles. The Bertz CT molecular complexity index is 1330. The minimum Gasteiger partial charge on any atom is -0.496 e. The molecule has 0 radical (unpaired) electrons. The predicted octanol–water partition coefficient (Wildman–Crippen LogP) is 2.70. The summed E-state index contributed by atoms with van der Waals surface area (Å²) >= 11 is 0. The molecule has 0 saturated carbocycles. The van der Waals surface area contributed by atoms with E-state index in [-0.39, 0.29) is 17.1 Å². The van der Waals surface area contributed by atoms with Gasteiger partial charge in [-0.2, -0.15) is 0 Å². The highest BCUT2D eigenvalue weighted by Crippen LogP contribution is 2.26. The molecule has 3 amide bonds. The van der Waals surface area contributed by atoms with Crippen LogP contribution in [0, 0.1) is 0 Å². The van der Waals surface area contributed by atoms with Gasteiger partial charge in [-0.3, -0.25) is 9.69 Å². The number of sulfonamides is 1. The standard InChI is InChI=1S/C22H19N3O6S/c1-30-19-5-3-2-4-15(19)13-25-21(26)18(24-22(25)27)12-16-8-11-20(31-16)14-6-9-17(10-7-14)32(23,28)29/h2-12H,13H2,1H3,(H,24,27)(H2,23,28,29)/b18-12+. The summed E-state index contributed by atoms with van der Waals surface area (Å²) in [5.41, 5.74) is 1.40. The van der Waals surface area contributed by atoms with Gasteiger partial charge in [0.25, 0.3) is 5.91 Å². The van der Waals surface area contributed by atoms with E-state index < -0.39 is 22.0 Å². The molecule has 4 rings (SSSR count). The van der Waals surface area contributed by atoms with Gasteiger partial charge in [-0.05, 0) is 42.5 Å². The van der Waals surface area contributed by atoms with Gasteiger partial charge < -0.3 is 14.5 Å². The van der Waals surface area contributed by atoms with Crippen molar-refractivity contribution in [2.45, 2.75) is 11.4 Å². The average Bonchev–Trinajstić information content (AvgIpc) is 3.34. The number of hydrogen-bond donors (Lipinski definition) is 2. The molecule has 32 heavy (non-hydrogen) atoms. The van der Waals surface area contributed by atoms with Crippen LogP contribution in [-0.4, -0.2) is 32.4 Å². The molecule has 1 fully saturated rings. The Labute approximate surface area is 184 Å². The summed E-state index contributed by atoms with van der Waals surface area (Å²) in [7, 11) is -2.27. The maximum Gasteiger partial charge on any atom is 0.329 e. The van der Waals surface area contributed by atoms with E-state index in [4.69, 9.17) is 14.3 Å². The van der Waals surface area contributed by atoms with Gasteiger partial charge in [-0.15, -0.1) is 0 Å². The number of para-hydroxylation sites is 1. The monoisotopic (exact) mass is 453 g/mol. The minimum absolute atomic E-state index is 0.00968. The van der Waals surface area contributed by atoms with Crippen molar-refractivity contribution in [1.82, 2.24) is 10.2 Å². The molecule has 1 aliphatic rings. The molecule has 0 aliphatic carbocycles. The van der Waals surface area contributed by atoms with Gasteiger partial charge in [0, 0.05) is 17.2 Å². The fourth-order valence-corrected chi connectivity index (χ4v) is 3.77. The van der Waals surface area contributed by atoms with Crippen LogP contribution in [0.5, 0.6) is 5.75 Å². The topological polar surface area (TPSA) is 132 Å². The number of nitrogens with one attached hydrogen (secondary N) is 1. The number of carbonyl (C=O) groups excluding carboxylic acids is 2. The number of urea groups is 1. The highest BCUT2D eigenvalue weighted by atomic mass is 32.2. The summed E-state index contributed by atoms with van der Waals surface area (Å²) in [5, 5.41) is 7.66. The molecule has 9 nitrogen and oxygen atoms in total. The molecular formula is C22H19N3O6S. The fourth-order valence-electron chi connectivity index (χ4n) is 3.26. The highest BCUT2D eigenvalue weighted by molar-refractivity contribution is 7.89. The first-order valence-electron chi connectivity index (χ1n) is 9.46. The van der Waals surface area contributed by atoms with E-state index in [1.54, 1.807) is 48.5 Å². The Kier molecular flexibility index (Phi) is 5.56. The van der Waals surface area contributed by atoms with Crippen LogP contribution in [0.4, 0.5) is 4.79 Å². The zero-order valence-electron chi connectivity index (χ0n) is 16.9. The summed E-state index contributed by atoms with van der Waals surface area (Å²) in [4.78, 5) is 26.2. The van der Waals surface area contributed by atoms with E-state index in [0.717, 1.165) is 4.90 Å². The van der Waals surface area contributed by atoms with E-state index in [2.05, 4.69) is 5.32 Å². The Morgan fingerprint density at radius 3 is 2.47 bits per heavy atom. The van der Waals surface area contributed by atoms with Crippen LogP contribution in [0.2, 0.25) is 0 Å². The van der Waals surface area contributed by atoms with E-state index in [1.165, 1.54) is 25.3 Å². The van der Waals surface area contributed by atoms with Crippen molar-refractivity contribution in [3.8, 4) is 17.1 Å². The van der Waals surface area contributed by atoms with Crippen LogP contribution in [0.15, 0.2) is 75.7 Å². The zero-order valence-corrected chi connectivity index (χ0v) is 17.8. The molecule has 0 atom stereocenters. The molecule has 164 valence electrons. The summed E-state index contributed by atoms with van der Waals surface area (Å²) < 4.78 is 33.8. The van der Waals surface area contributed by atoms with Crippen LogP contribution >= 0.6 is 0 Å². The molecule has 2 heterocycles. The fraction of sp³-hybridized carbons (Fsp3) is 0.0909. The number of rotatable bonds is 6. The van der Waals surface area contributed by atoms with E-state index >= 15 is 0 Å². The number of primary sulfonamides is 1. The van der Waals surface area contributed by atoms with Crippen molar-refractivity contribution in [3.63, 3.8) is 0 Å². The summed E-state index contributed by atoms with van der Waals surface area (Å²) in [6.45, 7) is 0.0613. The lowest BCUT2D eigenvalue weighted by atomic mass is 10.2. The summed E-state index contributed by atoms with van der Waals surface area (Å²) in [6.07, 6.45) is 1.44. The number of nitrogens with two attached hydrogens (primary N) is 1. The second-order valence-corrected chi connectivity index (χ2v) is 8.52. The molecule has 10 heteroatoms. The van der Waals surface area contributed by atoms with Gasteiger partial charge in [-0.1, -0.05) is 18.2 Å². The maximum absolute atomic E-state index is 12.8. The lowest BCUT2D eigenvalue weighted by Gasteiger charge is -2.14. The third-order valence-electron chi connectivity index (χ3n) is 4.86. The summed E-state index contributed by atoms with van der Waals surface area (Å²) in [6, 6.07) is 15.8. The van der Waals surface area contributed by atoms with Gasteiger partial charge in [0.15, 0.2) is 0 Å². The largest absolute Gasteiger partial charge is 0.496 e. The van der Waals surface area contributed by atoms with E-state index in [1.807, 2.05) is 0 Å². The molecule has 1 aliphatic heterocycles. The number of amides is 3. The molecule has 3 aromatic rings. The molecule has 3 N–H and O–H groups in total. The molecule has 0 unspecified atom stereocenters. The number of methoxy groups -OCH3 is 1. The second-order valence-electron chi connectivity index (χ2n) is 6.96. The SMILES string of the molecule is COc1ccccc1CN1C(=O)N/C(=C/c2ccc(-c3ccc(S(N)(=O)=O)cc3)o2)C1=O. The van der Waals surface area contributed by atoms with Crippen LogP contribution in [0.1, 0.15) is 11.3 Å². The van der Waals surface area contributed by atoms with Crippen molar-refractivity contribution in [2.24, 2.45) is 5.14 Å². The van der Waals surface area contributed by atoms with Crippen LogP contribution in [0.25, 0.3) is 17.4 Å². The van der Waals surface area contributed by atoms with E-state index in [9.17, 15) is 18.0 Å². The van der Waals surface area contributed by atoms with Gasteiger partial charge in [0.05, 0.1) is 18.6 Å². The number of benzene rings is 2. The van der Waals surface area contributed by atoms with Crippen LogP contribution in [-0.2, 0) is 21.4 Å². The number of imide groups is 1. The van der Waals surface area contributed by atoms with Gasteiger partial charge in [0.2, 0.25) is 10.0 Å². The van der Waals surface area contributed by atoms with Crippen molar-refractivity contribution >= 4 is 28.0 Å². The van der Waals surface area contributed by atoms with Crippen LogP contribution < -0.4 is 15.2 Å². The molecular weight excluding hydrogens is 434 g/mol. The number of furan rings is 1. The Hall–Kier alpha value is -3.89. The van der Waals surface area contributed by atoms with Crippen molar-refractivity contribution in [2.75, 3.05) is 7.11 Å². The first-order valence-corrected chi connectivity index (χ1v) is 11.0. The van der Waals surface area contributed by atoms with Gasteiger partial charge in [0.1, 0.15) is 23.0 Å².